The highest BCUT2D eigenvalue weighted by molar-refractivity contribution is 7.80. The molecule has 0 atom stereocenters. The predicted octanol–water partition coefficient (Wildman–Crippen LogP) is 5.48. The lowest BCUT2D eigenvalue weighted by atomic mass is 10.2. The number of thiocarbonyl (C=S) groups is 1. The first kappa shape index (κ1) is 24.9. The molecule has 2 rings (SSSR count). The van der Waals surface area contributed by atoms with Crippen LogP contribution in [-0.4, -0.2) is 30.2 Å². The molecule has 1 amide bonds. The van der Waals surface area contributed by atoms with E-state index in [0.717, 1.165) is 0 Å². The van der Waals surface area contributed by atoms with E-state index < -0.39 is 0 Å². The lowest BCUT2D eigenvalue weighted by molar-refractivity contribution is -0.119. The molecule has 0 unspecified atom stereocenters. The molecule has 0 aliphatic heterocycles. The molecule has 0 radical (unpaired) electrons. The second kappa shape index (κ2) is 12.5. The average Bonchev–Trinajstić information content (AvgIpc) is 2.71. The highest BCUT2D eigenvalue weighted by Gasteiger charge is 2.10. The van der Waals surface area contributed by atoms with E-state index in [4.69, 9.17) is 44.9 Å². The number of nitrogens with one attached hydrogen (secondary N) is 2. The standard InChI is InChI=1S/C22H24Cl2N2O4S/c1-14(2)13-30-21(28)15-5-8-17(9-6-15)25-22(31)26-20(27)4-3-11-29-19-10-7-16(23)12-18(19)24/h5-10,12,14H,3-4,11,13H2,1-2H3,(H2,25,26,27,31). The number of esters is 1. The Morgan fingerprint density at radius 3 is 2.45 bits per heavy atom. The van der Waals surface area contributed by atoms with Crippen LogP contribution in [0.1, 0.15) is 37.0 Å². The molecule has 6 nitrogen and oxygen atoms in total. The SMILES string of the molecule is CC(C)COC(=O)c1ccc(NC(=S)NC(=O)CCCOc2ccc(Cl)cc2Cl)cc1. The average molecular weight is 483 g/mol. The lowest BCUT2D eigenvalue weighted by Gasteiger charge is -2.11. The minimum Gasteiger partial charge on any atom is -0.492 e. The molecule has 9 heteroatoms. The molecule has 0 heterocycles. The van der Waals surface area contributed by atoms with Crippen LogP contribution in [0.15, 0.2) is 42.5 Å². The van der Waals surface area contributed by atoms with Crippen LogP contribution in [-0.2, 0) is 9.53 Å². The summed E-state index contributed by atoms with van der Waals surface area (Å²) in [6, 6.07) is 11.6. The Morgan fingerprint density at radius 2 is 1.81 bits per heavy atom. The van der Waals surface area contributed by atoms with Gasteiger partial charge in [-0.1, -0.05) is 37.0 Å². The molecule has 0 spiro atoms. The van der Waals surface area contributed by atoms with Crippen LogP contribution in [0.3, 0.4) is 0 Å². The molecule has 31 heavy (non-hydrogen) atoms. The van der Waals surface area contributed by atoms with Crippen molar-refractivity contribution in [2.75, 3.05) is 18.5 Å². The molecular formula is C22H24Cl2N2O4S. The van der Waals surface area contributed by atoms with Crippen LogP contribution < -0.4 is 15.4 Å². The van der Waals surface area contributed by atoms with Gasteiger partial charge >= 0.3 is 5.97 Å². The molecule has 166 valence electrons. The van der Waals surface area contributed by atoms with Crippen molar-refractivity contribution < 1.29 is 19.1 Å². The maximum absolute atomic E-state index is 12.0. The van der Waals surface area contributed by atoms with Gasteiger partial charge in [0.25, 0.3) is 0 Å². The number of hydrogen-bond donors (Lipinski definition) is 2. The van der Waals surface area contributed by atoms with Crippen molar-refractivity contribution in [2.45, 2.75) is 26.7 Å². The van der Waals surface area contributed by atoms with Crippen LogP contribution in [0.5, 0.6) is 5.75 Å². The maximum atomic E-state index is 12.0. The zero-order chi connectivity index (χ0) is 22.8. The van der Waals surface area contributed by atoms with E-state index in [2.05, 4.69) is 10.6 Å². The van der Waals surface area contributed by atoms with Gasteiger partial charge < -0.3 is 20.1 Å². The van der Waals surface area contributed by atoms with Gasteiger partial charge in [-0.2, -0.15) is 0 Å². The number of ether oxygens (including phenoxy) is 2. The third-order valence-electron chi connectivity index (χ3n) is 3.88. The summed E-state index contributed by atoms with van der Waals surface area (Å²) < 4.78 is 10.7. The fourth-order valence-electron chi connectivity index (χ4n) is 2.37. The third kappa shape index (κ3) is 9.12. The topological polar surface area (TPSA) is 76.7 Å². The summed E-state index contributed by atoms with van der Waals surface area (Å²) in [4.78, 5) is 24.0. The first-order chi connectivity index (χ1) is 14.7. The molecule has 0 aliphatic carbocycles. The highest BCUT2D eigenvalue weighted by Crippen LogP contribution is 2.27. The zero-order valence-electron chi connectivity index (χ0n) is 17.2. The summed E-state index contributed by atoms with van der Waals surface area (Å²) in [5, 5.41) is 6.62. The Hall–Kier alpha value is -2.35. The summed E-state index contributed by atoms with van der Waals surface area (Å²) >= 11 is 17.0. The summed E-state index contributed by atoms with van der Waals surface area (Å²) in [5.41, 5.74) is 1.09. The van der Waals surface area contributed by atoms with Gasteiger partial charge in [0.15, 0.2) is 5.11 Å². The van der Waals surface area contributed by atoms with Crippen molar-refractivity contribution >= 4 is 58.1 Å². The van der Waals surface area contributed by atoms with Gasteiger partial charge in [-0.25, -0.2) is 4.79 Å². The third-order valence-corrected chi connectivity index (χ3v) is 4.61. The maximum Gasteiger partial charge on any atom is 0.338 e. The number of hydrogen-bond acceptors (Lipinski definition) is 5. The Balaban J connectivity index is 1.70. The van der Waals surface area contributed by atoms with Gasteiger partial charge in [0.2, 0.25) is 5.91 Å². The largest absolute Gasteiger partial charge is 0.492 e. The van der Waals surface area contributed by atoms with Crippen molar-refractivity contribution in [1.82, 2.24) is 5.32 Å². The minimum absolute atomic E-state index is 0.168. The number of benzene rings is 2. The van der Waals surface area contributed by atoms with E-state index in [1.54, 1.807) is 42.5 Å². The molecule has 2 N–H and O–H groups in total. The molecule has 0 aliphatic rings. The van der Waals surface area contributed by atoms with E-state index in [1.807, 2.05) is 13.8 Å². The first-order valence-corrected chi connectivity index (χ1v) is 10.9. The fourth-order valence-corrected chi connectivity index (χ4v) is 3.07. The normalized spacial score (nSPS) is 10.5. The molecule has 0 fully saturated rings. The van der Waals surface area contributed by atoms with Gasteiger partial charge in [0.05, 0.1) is 23.8 Å². The van der Waals surface area contributed by atoms with E-state index in [0.29, 0.717) is 46.7 Å². The Morgan fingerprint density at radius 1 is 1.10 bits per heavy atom. The Kier molecular flexibility index (Phi) is 10.0. The van der Waals surface area contributed by atoms with Crippen LogP contribution in [0.2, 0.25) is 10.0 Å². The van der Waals surface area contributed by atoms with Gasteiger partial charge in [-0.15, -0.1) is 0 Å². The van der Waals surface area contributed by atoms with Crippen molar-refractivity contribution in [3.05, 3.63) is 58.1 Å². The summed E-state index contributed by atoms with van der Waals surface area (Å²) in [6.07, 6.45) is 0.717. The quantitative estimate of drug-likeness (QED) is 0.280. The van der Waals surface area contributed by atoms with Crippen molar-refractivity contribution in [3.8, 4) is 5.75 Å². The molecule has 0 saturated carbocycles. The van der Waals surface area contributed by atoms with Crippen molar-refractivity contribution in [1.29, 1.82) is 0 Å². The molecule has 0 bridgehead atoms. The van der Waals surface area contributed by atoms with Crippen LogP contribution in [0, 0.1) is 5.92 Å². The second-order valence-corrected chi connectivity index (χ2v) is 8.35. The number of carbonyl (C=O) groups is 2. The number of amides is 1. The smallest absolute Gasteiger partial charge is 0.338 e. The van der Waals surface area contributed by atoms with E-state index >= 15 is 0 Å². The summed E-state index contributed by atoms with van der Waals surface area (Å²) in [5.74, 6) is 0.170. The molecular weight excluding hydrogens is 459 g/mol. The molecule has 2 aromatic rings. The van der Waals surface area contributed by atoms with Crippen LogP contribution >= 0.6 is 35.4 Å². The van der Waals surface area contributed by atoms with Crippen molar-refractivity contribution in [3.63, 3.8) is 0 Å². The second-order valence-electron chi connectivity index (χ2n) is 7.10. The number of rotatable bonds is 9. The van der Waals surface area contributed by atoms with E-state index in [9.17, 15) is 9.59 Å². The Labute approximate surface area is 197 Å². The number of halogens is 2. The summed E-state index contributed by atoms with van der Waals surface area (Å²) in [6.45, 7) is 4.63. The van der Waals surface area contributed by atoms with Crippen LogP contribution in [0.4, 0.5) is 5.69 Å². The monoisotopic (exact) mass is 482 g/mol. The first-order valence-electron chi connectivity index (χ1n) is 9.70. The highest BCUT2D eigenvalue weighted by atomic mass is 35.5. The predicted molar refractivity (Wildman–Crippen MR) is 127 cm³/mol. The molecule has 0 aromatic heterocycles. The van der Waals surface area contributed by atoms with Gasteiger partial charge in [0, 0.05) is 17.1 Å². The van der Waals surface area contributed by atoms with Gasteiger partial charge in [-0.3, -0.25) is 4.79 Å². The zero-order valence-corrected chi connectivity index (χ0v) is 19.6. The summed E-state index contributed by atoms with van der Waals surface area (Å²) in [7, 11) is 0. The molecule has 2 aromatic carbocycles. The fraction of sp³-hybridized carbons (Fsp3) is 0.318. The lowest BCUT2D eigenvalue weighted by Crippen LogP contribution is -2.34. The molecule has 0 saturated heterocycles. The van der Waals surface area contributed by atoms with Gasteiger partial charge in [0.1, 0.15) is 5.75 Å². The number of anilines is 1. The minimum atomic E-state index is -0.377. The van der Waals surface area contributed by atoms with E-state index in [-0.39, 0.29) is 29.3 Å². The van der Waals surface area contributed by atoms with Crippen molar-refractivity contribution in [2.24, 2.45) is 5.92 Å². The van der Waals surface area contributed by atoms with E-state index in [1.165, 1.54) is 0 Å². The Bertz CT molecular complexity index is 920. The number of carbonyl (C=O) groups excluding carboxylic acids is 2. The van der Waals surface area contributed by atoms with Gasteiger partial charge in [-0.05, 0) is 67.0 Å². The van der Waals surface area contributed by atoms with Crippen LogP contribution in [0.25, 0.3) is 0 Å².